The molecule has 1 aliphatic rings. The molecule has 9 heteroatoms. The van der Waals surface area contributed by atoms with Crippen molar-refractivity contribution in [2.24, 2.45) is 0 Å². The first kappa shape index (κ1) is 18.9. The van der Waals surface area contributed by atoms with Gasteiger partial charge in [-0.1, -0.05) is 11.3 Å². The quantitative estimate of drug-likeness (QED) is 0.700. The number of halogens is 1. The second-order valence-corrected chi connectivity index (χ2v) is 6.89. The highest BCUT2D eigenvalue weighted by Gasteiger charge is 2.30. The van der Waals surface area contributed by atoms with Crippen molar-refractivity contribution >= 4 is 29.7 Å². The fourth-order valence-electron chi connectivity index (χ4n) is 2.68. The van der Waals surface area contributed by atoms with E-state index in [0.29, 0.717) is 25.9 Å². The van der Waals surface area contributed by atoms with E-state index in [1.165, 1.54) is 4.88 Å². The van der Waals surface area contributed by atoms with E-state index in [0.717, 1.165) is 19.5 Å². The number of thiophene rings is 1. The molecule has 3 heterocycles. The Kier molecular flexibility index (Phi) is 6.73. The van der Waals surface area contributed by atoms with E-state index in [2.05, 4.69) is 20.9 Å². The van der Waals surface area contributed by atoms with Gasteiger partial charge in [0, 0.05) is 11.4 Å². The van der Waals surface area contributed by atoms with Crippen LogP contribution in [0.2, 0.25) is 0 Å². The number of aliphatic hydroxyl groups is 1. The number of piperidine rings is 1. The van der Waals surface area contributed by atoms with Gasteiger partial charge in [0.25, 0.3) is 5.91 Å². The number of carbonyl (C=O) groups is 1. The van der Waals surface area contributed by atoms with Crippen molar-refractivity contribution < 1.29 is 9.90 Å². The van der Waals surface area contributed by atoms with Crippen LogP contribution in [-0.4, -0.2) is 51.2 Å². The molecule has 3 N–H and O–H groups in total. The van der Waals surface area contributed by atoms with Gasteiger partial charge in [-0.05, 0) is 43.8 Å². The standard InChI is InChI=1S/C15H21N5O2S.ClH/c21-14(17-6-3-12-2-1-9-23-12)13-10-20(19-18-13)11-15(22)4-7-16-8-5-15;/h1-2,9-10,16,22H,3-8,11H2,(H,17,21);1H. The molecule has 1 fully saturated rings. The molecule has 2 aromatic rings. The van der Waals surface area contributed by atoms with Gasteiger partial charge in [0.1, 0.15) is 0 Å². The molecule has 0 atom stereocenters. The average Bonchev–Trinajstić information content (AvgIpc) is 3.19. The molecule has 1 aliphatic heterocycles. The zero-order chi connectivity index (χ0) is 16.1. The highest BCUT2D eigenvalue weighted by molar-refractivity contribution is 7.09. The Labute approximate surface area is 150 Å². The van der Waals surface area contributed by atoms with Crippen LogP contribution in [0.25, 0.3) is 0 Å². The lowest BCUT2D eigenvalue weighted by Gasteiger charge is -2.32. The Morgan fingerprint density at radius 3 is 2.96 bits per heavy atom. The lowest BCUT2D eigenvalue weighted by molar-refractivity contribution is -0.00866. The second kappa shape index (κ2) is 8.57. The zero-order valence-electron chi connectivity index (χ0n) is 13.3. The molecular formula is C15H22ClN5O2S. The molecule has 0 aromatic carbocycles. The third-order valence-electron chi connectivity index (χ3n) is 4.00. The fourth-order valence-corrected chi connectivity index (χ4v) is 3.39. The molecule has 2 aromatic heterocycles. The summed E-state index contributed by atoms with van der Waals surface area (Å²) < 4.78 is 1.56. The Morgan fingerprint density at radius 2 is 2.25 bits per heavy atom. The van der Waals surface area contributed by atoms with Crippen molar-refractivity contribution in [2.75, 3.05) is 19.6 Å². The maximum atomic E-state index is 12.1. The molecule has 0 bridgehead atoms. The second-order valence-electron chi connectivity index (χ2n) is 5.86. The summed E-state index contributed by atoms with van der Waals surface area (Å²) in [5.74, 6) is -0.231. The predicted octanol–water partition coefficient (Wildman–Crippen LogP) is 0.848. The zero-order valence-corrected chi connectivity index (χ0v) is 14.9. The molecule has 0 radical (unpaired) electrons. The number of carbonyl (C=O) groups excluding carboxylic acids is 1. The number of aromatic nitrogens is 3. The fraction of sp³-hybridized carbons (Fsp3) is 0.533. The van der Waals surface area contributed by atoms with Gasteiger partial charge in [-0.25, -0.2) is 4.68 Å². The smallest absolute Gasteiger partial charge is 0.273 e. The molecule has 0 unspecified atom stereocenters. The Balaban J connectivity index is 0.00000208. The summed E-state index contributed by atoms with van der Waals surface area (Å²) in [6, 6.07) is 4.05. The topological polar surface area (TPSA) is 92.1 Å². The van der Waals surface area contributed by atoms with E-state index in [1.807, 2.05) is 17.5 Å². The van der Waals surface area contributed by atoms with Crippen molar-refractivity contribution in [3.8, 4) is 0 Å². The third-order valence-corrected chi connectivity index (χ3v) is 4.94. The van der Waals surface area contributed by atoms with Gasteiger partial charge in [-0.15, -0.1) is 28.8 Å². The monoisotopic (exact) mass is 371 g/mol. The summed E-state index contributed by atoms with van der Waals surface area (Å²) >= 11 is 1.68. The maximum absolute atomic E-state index is 12.1. The number of nitrogens with zero attached hydrogens (tertiary/aromatic N) is 3. The molecule has 132 valence electrons. The normalized spacial score (nSPS) is 16.4. The molecule has 0 aliphatic carbocycles. The Hall–Kier alpha value is -1.48. The van der Waals surface area contributed by atoms with Crippen LogP contribution in [0.5, 0.6) is 0 Å². The summed E-state index contributed by atoms with van der Waals surface area (Å²) in [5.41, 5.74) is -0.486. The summed E-state index contributed by atoms with van der Waals surface area (Å²) in [5, 5.41) is 26.4. The van der Waals surface area contributed by atoms with E-state index in [9.17, 15) is 9.90 Å². The minimum absolute atomic E-state index is 0. The van der Waals surface area contributed by atoms with Crippen LogP contribution in [0, 0.1) is 0 Å². The van der Waals surface area contributed by atoms with Crippen LogP contribution >= 0.6 is 23.7 Å². The predicted molar refractivity (Wildman–Crippen MR) is 94.7 cm³/mol. The number of hydrogen-bond acceptors (Lipinski definition) is 6. The van der Waals surface area contributed by atoms with Crippen LogP contribution in [0.1, 0.15) is 28.2 Å². The van der Waals surface area contributed by atoms with E-state index in [4.69, 9.17) is 0 Å². The third kappa shape index (κ3) is 5.01. The first-order valence-electron chi connectivity index (χ1n) is 7.78. The summed E-state index contributed by atoms with van der Waals surface area (Å²) in [6.45, 7) is 2.52. The molecule has 1 amide bonds. The lowest BCUT2D eigenvalue weighted by atomic mass is 9.92. The summed E-state index contributed by atoms with van der Waals surface area (Å²) in [4.78, 5) is 13.3. The largest absolute Gasteiger partial charge is 0.388 e. The van der Waals surface area contributed by atoms with Crippen molar-refractivity contribution in [2.45, 2.75) is 31.4 Å². The van der Waals surface area contributed by atoms with E-state index in [1.54, 1.807) is 22.2 Å². The first-order valence-corrected chi connectivity index (χ1v) is 8.66. The number of rotatable bonds is 6. The molecule has 0 spiro atoms. The first-order chi connectivity index (χ1) is 11.1. The lowest BCUT2D eigenvalue weighted by Crippen LogP contribution is -2.44. The maximum Gasteiger partial charge on any atom is 0.273 e. The van der Waals surface area contributed by atoms with Gasteiger partial charge in [-0.3, -0.25) is 4.79 Å². The molecule has 1 saturated heterocycles. The molecule has 7 nitrogen and oxygen atoms in total. The van der Waals surface area contributed by atoms with Crippen LogP contribution in [0.15, 0.2) is 23.7 Å². The SMILES string of the molecule is Cl.O=C(NCCc1cccs1)c1cn(CC2(O)CCNCC2)nn1. The van der Waals surface area contributed by atoms with Gasteiger partial charge >= 0.3 is 0 Å². The van der Waals surface area contributed by atoms with Crippen LogP contribution < -0.4 is 10.6 Å². The van der Waals surface area contributed by atoms with Crippen LogP contribution in [-0.2, 0) is 13.0 Å². The van der Waals surface area contributed by atoms with Crippen molar-refractivity contribution in [1.82, 2.24) is 25.6 Å². The van der Waals surface area contributed by atoms with Crippen molar-refractivity contribution in [3.05, 3.63) is 34.3 Å². The number of amides is 1. The van der Waals surface area contributed by atoms with E-state index in [-0.39, 0.29) is 24.0 Å². The highest BCUT2D eigenvalue weighted by atomic mass is 35.5. The van der Waals surface area contributed by atoms with E-state index >= 15 is 0 Å². The Morgan fingerprint density at radius 1 is 1.46 bits per heavy atom. The molecule has 3 rings (SSSR count). The van der Waals surface area contributed by atoms with Gasteiger partial charge in [0.15, 0.2) is 5.69 Å². The molecular weight excluding hydrogens is 350 g/mol. The average molecular weight is 372 g/mol. The molecule has 24 heavy (non-hydrogen) atoms. The summed E-state index contributed by atoms with van der Waals surface area (Å²) in [6.07, 6.45) is 3.76. The van der Waals surface area contributed by atoms with Crippen molar-refractivity contribution in [3.63, 3.8) is 0 Å². The summed E-state index contributed by atoms with van der Waals surface area (Å²) in [7, 11) is 0. The van der Waals surface area contributed by atoms with Gasteiger partial charge in [0.2, 0.25) is 0 Å². The molecule has 0 saturated carbocycles. The van der Waals surface area contributed by atoms with E-state index < -0.39 is 5.60 Å². The van der Waals surface area contributed by atoms with Gasteiger partial charge in [0.05, 0.1) is 18.3 Å². The minimum atomic E-state index is -0.772. The highest BCUT2D eigenvalue weighted by Crippen LogP contribution is 2.19. The van der Waals surface area contributed by atoms with Crippen LogP contribution in [0.4, 0.5) is 0 Å². The number of hydrogen-bond donors (Lipinski definition) is 3. The van der Waals surface area contributed by atoms with Gasteiger partial charge < -0.3 is 15.7 Å². The van der Waals surface area contributed by atoms with Crippen LogP contribution in [0.3, 0.4) is 0 Å². The minimum Gasteiger partial charge on any atom is -0.388 e. The Bertz CT molecular complexity index is 640. The number of nitrogens with one attached hydrogen (secondary N) is 2. The van der Waals surface area contributed by atoms with Crippen molar-refractivity contribution in [1.29, 1.82) is 0 Å². The van der Waals surface area contributed by atoms with Gasteiger partial charge in [-0.2, -0.15) is 0 Å².